The highest BCUT2D eigenvalue weighted by molar-refractivity contribution is 5.92. The minimum absolute atomic E-state index is 0.100. The van der Waals surface area contributed by atoms with Gasteiger partial charge >= 0.3 is 0 Å². The minimum atomic E-state index is -0.309. The molecule has 0 radical (unpaired) electrons. The van der Waals surface area contributed by atoms with Gasteiger partial charge in [0.05, 0.1) is 11.0 Å². The van der Waals surface area contributed by atoms with Gasteiger partial charge in [-0.25, -0.2) is 4.98 Å². The summed E-state index contributed by atoms with van der Waals surface area (Å²) in [5.74, 6) is 0.918. The fourth-order valence-electron chi connectivity index (χ4n) is 2.80. The van der Waals surface area contributed by atoms with Crippen LogP contribution >= 0.6 is 0 Å². The van der Waals surface area contributed by atoms with Gasteiger partial charge in [0.15, 0.2) is 11.5 Å². The predicted octanol–water partition coefficient (Wildman–Crippen LogP) is 2.07. The van der Waals surface area contributed by atoms with Gasteiger partial charge < -0.3 is 14.8 Å². The van der Waals surface area contributed by atoms with Crippen LogP contribution in [0.5, 0.6) is 11.5 Å². The first-order chi connectivity index (χ1) is 12.1. The van der Waals surface area contributed by atoms with E-state index in [0.717, 1.165) is 0 Å². The number of carbonyl (C=O) groups excluding carboxylic acids is 1. The molecule has 0 spiro atoms. The van der Waals surface area contributed by atoms with Gasteiger partial charge in [0.25, 0.3) is 5.56 Å². The number of aryl methyl sites for hydroxylation is 1. The van der Waals surface area contributed by atoms with Crippen LogP contribution in [0, 0.1) is 6.92 Å². The van der Waals surface area contributed by atoms with Crippen LogP contribution in [0.3, 0.4) is 0 Å². The van der Waals surface area contributed by atoms with Gasteiger partial charge in [0.2, 0.25) is 12.7 Å². The summed E-state index contributed by atoms with van der Waals surface area (Å²) < 4.78 is 12.0. The van der Waals surface area contributed by atoms with Crippen molar-refractivity contribution in [3.05, 3.63) is 58.5 Å². The quantitative estimate of drug-likeness (QED) is 0.791. The van der Waals surface area contributed by atoms with E-state index in [9.17, 15) is 9.59 Å². The summed E-state index contributed by atoms with van der Waals surface area (Å²) in [4.78, 5) is 29.1. The topological polar surface area (TPSA) is 82.5 Å². The maximum Gasteiger partial charge on any atom is 0.272 e. The Morgan fingerprint density at radius 1 is 1.20 bits per heavy atom. The molecule has 2 aromatic carbocycles. The molecule has 1 aliphatic heterocycles. The van der Waals surface area contributed by atoms with Crippen molar-refractivity contribution in [2.45, 2.75) is 13.5 Å². The molecule has 0 unspecified atom stereocenters. The van der Waals surface area contributed by atoms with Crippen molar-refractivity contribution in [2.75, 3.05) is 12.1 Å². The van der Waals surface area contributed by atoms with Gasteiger partial charge in [0.1, 0.15) is 12.2 Å². The Labute approximate surface area is 142 Å². The number of aromatic nitrogens is 2. The van der Waals surface area contributed by atoms with Crippen LogP contribution in [0.4, 0.5) is 5.69 Å². The molecule has 0 atom stereocenters. The zero-order chi connectivity index (χ0) is 17.4. The van der Waals surface area contributed by atoms with Crippen LogP contribution in [0.15, 0.2) is 47.3 Å². The molecule has 1 aromatic heterocycles. The molecule has 7 nitrogen and oxygen atoms in total. The van der Waals surface area contributed by atoms with Gasteiger partial charge in [-0.1, -0.05) is 12.1 Å². The summed E-state index contributed by atoms with van der Waals surface area (Å²) in [6, 6.07) is 12.4. The number of amides is 1. The first-order valence-electron chi connectivity index (χ1n) is 7.77. The number of hydrogen-bond donors (Lipinski definition) is 1. The van der Waals surface area contributed by atoms with Crippen molar-refractivity contribution in [3.63, 3.8) is 0 Å². The molecule has 1 N–H and O–H groups in total. The van der Waals surface area contributed by atoms with E-state index < -0.39 is 0 Å². The van der Waals surface area contributed by atoms with Crippen molar-refractivity contribution in [2.24, 2.45) is 0 Å². The van der Waals surface area contributed by atoms with Crippen molar-refractivity contribution < 1.29 is 14.3 Å². The van der Waals surface area contributed by atoms with Crippen LogP contribution in [0.1, 0.15) is 5.69 Å². The molecule has 0 saturated heterocycles. The monoisotopic (exact) mass is 337 g/mol. The number of anilines is 1. The highest BCUT2D eigenvalue weighted by atomic mass is 16.7. The second kappa shape index (κ2) is 5.94. The lowest BCUT2D eigenvalue weighted by Crippen LogP contribution is -2.30. The van der Waals surface area contributed by atoms with Gasteiger partial charge in [-0.3, -0.25) is 14.2 Å². The van der Waals surface area contributed by atoms with Crippen molar-refractivity contribution >= 4 is 22.6 Å². The van der Waals surface area contributed by atoms with Crippen molar-refractivity contribution in [1.29, 1.82) is 0 Å². The second-order valence-corrected chi connectivity index (χ2v) is 5.69. The average molecular weight is 337 g/mol. The Morgan fingerprint density at radius 2 is 2.00 bits per heavy atom. The number of carbonyl (C=O) groups is 1. The zero-order valence-electron chi connectivity index (χ0n) is 13.5. The number of benzene rings is 2. The van der Waals surface area contributed by atoms with Gasteiger partial charge in [-0.15, -0.1) is 0 Å². The van der Waals surface area contributed by atoms with E-state index in [1.54, 1.807) is 31.2 Å². The van der Waals surface area contributed by atoms with Crippen LogP contribution in [-0.2, 0) is 11.3 Å². The lowest BCUT2D eigenvalue weighted by Gasteiger charge is -2.11. The molecule has 126 valence electrons. The fraction of sp³-hybridized carbons (Fsp3) is 0.167. The molecule has 2 heterocycles. The number of para-hydroxylation sites is 2. The number of rotatable bonds is 3. The molecular weight excluding hydrogens is 322 g/mol. The standard InChI is InChI=1S/C18H15N3O4/c1-11-18(23)21(14-5-3-2-4-13(14)19-11)9-17(22)20-12-6-7-15-16(8-12)25-10-24-15/h2-8H,9-10H2,1H3,(H,20,22). The predicted molar refractivity (Wildman–Crippen MR) is 91.9 cm³/mol. The summed E-state index contributed by atoms with van der Waals surface area (Å²) in [5, 5.41) is 2.78. The molecule has 0 aliphatic carbocycles. The average Bonchev–Trinajstić information content (AvgIpc) is 3.06. The SMILES string of the molecule is Cc1nc2ccccc2n(CC(=O)Nc2ccc3c(c2)OCO3)c1=O. The Hall–Kier alpha value is -3.35. The van der Waals surface area contributed by atoms with Crippen molar-refractivity contribution in [1.82, 2.24) is 9.55 Å². The van der Waals surface area contributed by atoms with Crippen LogP contribution in [0.2, 0.25) is 0 Å². The summed E-state index contributed by atoms with van der Waals surface area (Å²) in [6.45, 7) is 1.71. The smallest absolute Gasteiger partial charge is 0.272 e. The Kier molecular flexibility index (Phi) is 3.61. The number of ether oxygens (including phenoxy) is 2. The number of fused-ring (bicyclic) bond motifs is 2. The van der Waals surface area contributed by atoms with Crippen molar-refractivity contribution in [3.8, 4) is 11.5 Å². The Bertz CT molecular complexity index is 1040. The first kappa shape index (κ1) is 15.2. The zero-order valence-corrected chi connectivity index (χ0v) is 13.5. The Balaban J connectivity index is 1.62. The van der Waals surface area contributed by atoms with E-state index in [1.165, 1.54) is 4.57 Å². The van der Waals surface area contributed by atoms with Gasteiger partial charge in [0, 0.05) is 11.8 Å². The van der Waals surface area contributed by atoms with E-state index in [2.05, 4.69) is 10.3 Å². The summed E-state index contributed by atoms with van der Waals surface area (Å²) in [7, 11) is 0. The molecule has 4 rings (SSSR count). The lowest BCUT2D eigenvalue weighted by atomic mass is 10.2. The maximum atomic E-state index is 12.4. The molecule has 1 amide bonds. The molecule has 0 fully saturated rings. The number of hydrogen-bond acceptors (Lipinski definition) is 5. The normalized spacial score (nSPS) is 12.4. The lowest BCUT2D eigenvalue weighted by molar-refractivity contribution is -0.116. The summed E-state index contributed by atoms with van der Waals surface area (Å²) in [5.41, 5.74) is 1.96. The molecule has 3 aromatic rings. The van der Waals surface area contributed by atoms with E-state index in [1.807, 2.05) is 18.2 Å². The third-order valence-electron chi connectivity index (χ3n) is 3.97. The third-order valence-corrected chi connectivity index (χ3v) is 3.97. The van der Waals surface area contributed by atoms with E-state index in [4.69, 9.17) is 9.47 Å². The minimum Gasteiger partial charge on any atom is -0.454 e. The highest BCUT2D eigenvalue weighted by Gasteiger charge is 2.15. The van der Waals surface area contributed by atoms with Crippen LogP contribution in [-0.4, -0.2) is 22.3 Å². The van der Waals surface area contributed by atoms with Crippen LogP contribution < -0.4 is 20.3 Å². The van der Waals surface area contributed by atoms with Crippen LogP contribution in [0.25, 0.3) is 11.0 Å². The summed E-state index contributed by atoms with van der Waals surface area (Å²) >= 11 is 0. The van der Waals surface area contributed by atoms with E-state index >= 15 is 0 Å². The molecular formula is C18H15N3O4. The molecule has 0 bridgehead atoms. The van der Waals surface area contributed by atoms with Gasteiger partial charge in [-0.05, 0) is 31.2 Å². The number of nitrogens with zero attached hydrogens (tertiary/aromatic N) is 2. The maximum absolute atomic E-state index is 12.4. The largest absolute Gasteiger partial charge is 0.454 e. The van der Waals surface area contributed by atoms with E-state index in [-0.39, 0.29) is 24.8 Å². The molecule has 25 heavy (non-hydrogen) atoms. The molecule has 0 saturated carbocycles. The highest BCUT2D eigenvalue weighted by Crippen LogP contribution is 2.34. The Morgan fingerprint density at radius 3 is 2.88 bits per heavy atom. The number of nitrogens with one attached hydrogen (secondary N) is 1. The van der Waals surface area contributed by atoms with Gasteiger partial charge in [-0.2, -0.15) is 0 Å². The second-order valence-electron chi connectivity index (χ2n) is 5.69. The first-order valence-corrected chi connectivity index (χ1v) is 7.77. The fourth-order valence-corrected chi connectivity index (χ4v) is 2.80. The van der Waals surface area contributed by atoms with E-state index in [0.29, 0.717) is 33.9 Å². The third kappa shape index (κ3) is 2.80. The summed E-state index contributed by atoms with van der Waals surface area (Å²) in [6.07, 6.45) is 0. The molecule has 1 aliphatic rings. The molecule has 7 heteroatoms.